The van der Waals surface area contributed by atoms with Crippen LogP contribution in [0.5, 0.6) is 5.75 Å². The van der Waals surface area contributed by atoms with Gasteiger partial charge >= 0.3 is 0 Å². The SMILES string of the molecule is O=C(NCC1(O)CCCCC1)c1c(Cl)cccc1OCC1=CC(=O)N2N=C(c3ccccc3)NC2N1. The second kappa shape index (κ2) is 10.2. The van der Waals surface area contributed by atoms with E-state index in [2.05, 4.69) is 21.1 Å². The highest BCUT2D eigenvalue weighted by molar-refractivity contribution is 6.34. The zero-order valence-corrected chi connectivity index (χ0v) is 20.4. The number of ether oxygens (including phenoxy) is 1. The van der Waals surface area contributed by atoms with E-state index in [1.54, 1.807) is 18.2 Å². The van der Waals surface area contributed by atoms with Gasteiger partial charge in [-0.25, -0.2) is 0 Å². The summed E-state index contributed by atoms with van der Waals surface area (Å²) in [4.78, 5) is 25.7. The van der Waals surface area contributed by atoms with Gasteiger partial charge in [0.1, 0.15) is 12.4 Å². The van der Waals surface area contributed by atoms with E-state index in [1.807, 2.05) is 30.3 Å². The third-order valence-corrected chi connectivity index (χ3v) is 6.88. The number of amides is 2. The molecule has 1 saturated carbocycles. The number of aliphatic hydroxyl groups is 1. The molecule has 2 aromatic carbocycles. The molecule has 2 heterocycles. The number of hydrogen-bond acceptors (Lipinski definition) is 7. The molecular formula is C26H28ClN5O4. The average Bonchev–Trinajstić information content (AvgIpc) is 3.32. The summed E-state index contributed by atoms with van der Waals surface area (Å²) >= 11 is 6.35. The molecule has 4 N–H and O–H groups in total. The molecule has 2 amide bonds. The Balaban J connectivity index is 1.23. The summed E-state index contributed by atoms with van der Waals surface area (Å²) in [6.45, 7) is 0.174. The Morgan fingerprint density at radius 1 is 1.14 bits per heavy atom. The van der Waals surface area contributed by atoms with Gasteiger partial charge in [-0.05, 0) is 25.0 Å². The van der Waals surface area contributed by atoms with Crippen molar-refractivity contribution >= 4 is 29.3 Å². The Morgan fingerprint density at radius 2 is 1.92 bits per heavy atom. The second-order valence-electron chi connectivity index (χ2n) is 9.23. The molecule has 9 nitrogen and oxygen atoms in total. The minimum Gasteiger partial charge on any atom is -0.487 e. The van der Waals surface area contributed by atoms with Crippen LogP contribution in [0.3, 0.4) is 0 Å². The lowest BCUT2D eigenvalue weighted by atomic mass is 9.85. The number of amidine groups is 1. The molecule has 2 aliphatic heterocycles. The van der Waals surface area contributed by atoms with Gasteiger partial charge in [-0.3, -0.25) is 9.59 Å². The Bertz CT molecular complexity index is 1210. The first kappa shape index (κ1) is 24.1. The number of hydrogen-bond donors (Lipinski definition) is 4. The van der Waals surface area contributed by atoms with Gasteiger partial charge in [-0.1, -0.05) is 67.3 Å². The number of halogens is 1. The highest BCUT2D eigenvalue weighted by Gasteiger charge is 2.35. The van der Waals surface area contributed by atoms with Gasteiger partial charge in [-0.15, -0.1) is 5.10 Å². The smallest absolute Gasteiger partial charge is 0.272 e. The van der Waals surface area contributed by atoms with Gasteiger partial charge < -0.3 is 25.8 Å². The molecule has 3 aliphatic rings. The number of hydrazone groups is 1. The molecule has 36 heavy (non-hydrogen) atoms. The third-order valence-electron chi connectivity index (χ3n) is 6.57. The molecular weight excluding hydrogens is 482 g/mol. The maximum absolute atomic E-state index is 13.0. The van der Waals surface area contributed by atoms with Crippen LogP contribution in [0.4, 0.5) is 0 Å². The maximum Gasteiger partial charge on any atom is 0.272 e. The lowest BCUT2D eigenvalue weighted by molar-refractivity contribution is -0.129. The number of fused-ring (bicyclic) bond motifs is 1. The fraction of sp³-hybridized carbons (Fsp3) is 0.346. The largest absolute Gasteiger partial charge is 0.487 e. The van der Waals surface area contributed by atoms with Crippen LogP contribution in [-0.4, -0.2) is 52.8 Å². The molecule has 0 aromatic heterocycles. The Labute approximate surface area is 214 Å². The van der Waals surface area contributed by atoms with Crippen LogP contribution in [0.15, 0.2) is 65.4 Å². The molecule has 5 rings (SSSR count). The van der Waals surface area contributed by atoms with Crippen molar-refractivity contribution < 1.29 is 19.4 Å². The minimum absolute atomic E-state index is 0.0169. The van der Waals surface area contributed by atoms with Gasteiger partial charge in [0.15, 0.2) is 5.84 Å². The Hall–Kier alpha value is -3.56. The second-order valence-corrected chi connectivity index (χ2v) is 9.63. The molecule has 1 fully saturated rings. The van der Waals surface area contributed by atoms with Crippen LogP contribution in [0.25, 0.3) is 0 Å². The predicted molar refractivity (Wildman–Crippen MR) is 135 cm³/mol. The zero-order valence-electron chi connectivity index (χ0n) is 19.7. The topological polar surface area (TPSA) is 115 Å². The summed E-state index contributed by atoms with van der Waals surface area (Å²) in [5, 5.41) is 25.9. The van der Waals surface area contributed by atoms with E-state index in [-0.39, 0.29) is 35.4 Å². The van der Waals surface area contributed by atoms with Crippen molar-refractivity contribution in [3.8, 4) is 5.75 Å². The molecule has 0 spiro atoms. The summed E-state index contributed by atoms with van der Waals surface area (Å²) in [7, 11) is 0. The molecule has 1 aliphatic carbocycles. The van der Waals surface area contributed by atoms with Crippen LogP contribution in [0.2, 0.25) is 5.02 Å². The first-order valence-electron chi connectivity index (χ1n) is 12.0. The van der Waals surface area contributed by atoms with Crippen LogP contribution < -0.4 is 20.7 Å². The van der Waals surface area contributed by atoms with Crippen molar-refractivity contribution in [2.24, 2.45) is 5.10 Å². The fourth-order valence-corrected chi connectivity index (χ4v) is 4.88. The lowest BCUT2D eigenvalue weighted by Gasteiger charge is -2.32. The van der Waals surface area contributed by atoms with E-state index in [0.29, 0.717) is 24.4 Å². The minimum atomic E-state index is -0.895. The van der Waals surface area contributed by atoms with Gasteiger partial charge in [0.05, 0.1) is 21.9 Å². The molecule has 1 unspecified atom stereocenters. The van der Waals surface area contributed by atoms with E-state index in [0.717, 1.165) is 24.8 Å². The Morgan fingerprint density at radius 3 is 2.69 bits per heavy atom. The van der Waals surface area contributed by atoms with Crippen LogP contribution >= 0.6 is 11.6 Å². The van der Waals surface area contributed by atoms with Crippen LogP contribution in [-0.2, 0) is 4.79 Å². The van der Waals surface area contributed by atoms with Gasteiger partial charge in [0, 0.05) is 18.2 Å². The van der Waals surface area contributed by atoms with E-state index in [1.165, 1.54) is 11.1 Å². The van der Waals surface area contributed by atoms with E-state index >= 15 is 0 Å². The summed E-state index contributed by atoms with van der Waals surface area (Å²) in [5.74, 6) is 0.167. The summed E-state index contributed by atoms with van der Waals surface area (Å²) in [6.07, 6.45) is 5.17. The number of carbonyl (C=O) groups excluding carboxylic acids is 2. The van der Waals surface area contributed by atoms with Crippen LogP contribution in [0, 0.1) is 0 Å². The van der Waals surface area contributed by atoms with Crippen molar-refractivity contribution in [3.05, 3.63) is 76.5 Å². The Kier molecular flexibility index (Phi) is 6.84. The average molecular weight is 510 g/mol. The van der Waals surface area contributed by atoms with Gasteiger partial charge in [0.25, 0.3) is 11.8 Å². The fourth-order valence-electron chi connectivity index (χ4n) is 4.63. The van der Waals surface area contributed by atoms with Crippen molar-refractivity contribution in [1.29, 1.82) is 0 Å². The zero-order chi connectivity index (χ0) is 25.1. The van der Waals surface area contributed by atoms with E-state index in [4.69, 9.17) is 16.3 Å². The predicted octanol–water partition coefficient (Wildman–Crippen LogP) is 2.71. The highest BCUT2D eigenvalue weighted by atomic mass is 35.5. The van der Waals surface area contributed by atoms with Crippen LogP contribution in [0.1, 0.15) is 48.0 Å². The first-order chi connectivity index (χ1) is 17.4. The molecule has 0 bridgehead atoms. The summed E-state index contributed by atoms with van der Waals surface area (Å²) < 4.78 is 5.93. The molecule has 188 valence electrons. The number of carbonyl (C=O) groups is 2. The normalized spacial score (nSPS) is 20.4. The van der Waals surface area contributed by atoms with Crippen molar-refractivity contribution in [2.45, 2.75) is 44.0 Å². The standard InChI is InChI=1S/C26H28ClN5O4/c27-19-10-7-11-20(22(19)24(34)28-16-26(35)12-5-2-6-13-26)36-15-18-14-21(33)32-25(29-18)30-23(31-32)17-8-3-1-4-9-17/h1,3-4,7-11,14,25,29,35H,2,5-6,12-13,15-16H2,(H,28,34)(H,30,31). The third kappa shape index (κ3) is 5.17. The van der Waals surface area contributed by atoms with Crippen molar-refractivity contribution in [2.75, 3.05) is 13.2 Å². The molecule has 0 saturated heterocycles. The quantitative estimate of drug-likeness (QED) is 0.456. The van der Waals surface area contributed by atoms with Crippen molar-refractivity contribution in [3.63, 3.8) is 0 Å². The van der Waals surface area contributed by atoms with Crippen molar-refractivity contribution in [1.82, 2.24) is 21.0 Å². The van der Waals surface area contributed by atoms with Gasteiger partial charge in [-0.2, -0.15) is 5.01 Å². The number of benzene rings is 2. The van der Waals surface area contributed by atoms with E-state index in [9.17, 15) is 14.7 Å². The molecule has 1 atom stereocenters. The number of nitrogens with zero attached hydrogens (tertiary/aromatic N) is 2. The summed E-state index contributed by atoms with van der Waals surface area (Å²) in [6, 6.07) is 14.5. The number of rotatable bonds is 7. The maximum atomic E-state index is 13.0. The first-order valence-corrected chi connectivity index (χ1v) is 12.4. The molecule has 2 aromatic rings. The molecule has 0 radical (unpaired) electrons. The monoisotopic (exact) mass is 509 g/mol. The molecule has 10 heteroatoms. The van der Waals surface area contributed by atoms with Gasteiger partial charge in [0.2, 0.25) is 6.29 Å². The lowest BCUT2D eigenvalue weighted by Crippen LogP contribution is -2.54. The summed E-state index contributed by atoms with van der Waals surface area (Å²) in [5.41, 5.74) is 0.693. The van der Waals surface area contributed by atoms with E-state index < -0.39 is 17.8 Å². The highest BCUT2D eigenvalue weighted by Crippen LogP contribution is 2.29. The number of nitrogens with one attached hydrogen (secondary N) is 3.